The first-order chi connectivity index (χ1) is 18.5. The van der Waals surface area contributed by atoms with Crippen molar-refractivity contribution in [2.75, 3.05) is 45.3 Å². The molecule has 1 aromatic heterocycles. The normalized spacial score (nSPS) is 13.0. The van der Waals surface area contributed by atoms with Gasteiger partial charge in [-0.1, -0.05) is 18.2 Å². The van der Waals surface area contributed by atoms with Gasteiger partial charge in [0.2, 0.25) is 0 Å². The van der Waals surface area contributed by atoms with Crippen LogP contribution in [0.15, 0.2) is 42.5 Å². The summed E-state index contributed by atoms with van der Waals surface area (Å²) in [4.78, 5) is 6.51. The number of nitrogens with zero attached hydrogens (tertiary/aromatic N) is 2. The molecule has 0 unspecified atom stereocenters. The molecule has 0 fully saturated rings. The van der Waals surface area contributed by atoms with Crippen molar-refractivity contribution in [1.82, 2.24) is 10.3 Å². The van der Waals surface area contributed by atoms with Gasteiger partial charge in [-0.2, -0.15) is 39.5 Å². The minimum atomic E-state index is -6.75. The number of halogens is 10. The van der Waals surface area contributed by atoms with E-state index in [1.165, 1.54) is 11.3 Å². The van der Waals surface area contributed by atoms with Crippen LogP contribution in [0.3, 0.4) is 0 Å². The van der Waals surface area contributed by atoms with Crippen LogP contribution in [0.25, 0.3) is 22.4 Å². The SMILES string of the molecule is CN(C)c1ccc(/C=C/c2nc3ccc(OCCNCCOC(C(F)(F)F)(C(F)(F)F)C(F)(F)F)cc3s2)cc1.Cl. The van der Waals surface area contributed by atoms with E-state index in [4.69, 9.17) is 4.74 Å². The van der Waals surface area contributed by atoms with E-state index in [9.17, 15) is 39.5 Å². The highest BCUT2D eigenvalue weighted by Gasteiger charge is 2.85. The zero-order valence-corrected chi connectivity index (χ0v) is 23.1. The molecule has 16 heteroatoms. The van der Waals surface area contributed by atoms with Crippen molar-refractivity contribution in [2.45, 2.75) is 24.1 Å². The lowest BCUT2D eigenvalue weighted by Crippen LogP contribution is -2.68. The Morgan fingerprint density at radius 2 is 1.41 bits per heavy atom. The van der Waals surface area contributed by atoms with E-state index in [0.717, 1.165) is 26.5 Å². The van der Waals surface area contributed by atoms with Crippen molar-refractivity contribution in [3.05, 3.63) is 53.0 Å². The first kappa shape index (κ1) is 34.5. The Morgan fingerprint density at radius 1 is 0.829 bits per heavy atom. The van der Waals surface area contributed by atoms with Crippen LogP contribution in [0.2, 0.25) is 0 Å². The van der Waals surface area contributed by atoms with Crippen LogP contribution in [0.1, 0.15) is 10.6 Å². The van der Waals surface area contributed by atoms with Crippen LogP contribution < -0.4 is 15.0 Å². The second-order valence-corrected chi connectivity index (χ2v) is 9.68. The van der Waals surface area contributed by atoms with Crippen LogP contribution in [0, 0.1) is 0 Å². The standard InChI is InChI=1S/C25H24F9N3O2S.ClH/c1-37(2)17-6-3-16(4-7-17)5-10-21-36-19-9-8-18(15-20(19)40-21)38-13-11-35-12-14-39-22(23(26,27)28,24(29,30)31)25(32,33)34;/h3-10,15,35H,11-14H2,1-2H3;1H/b10-5+;. The second kappa shape index (κ2) is 13.5. The zero-order valence-electron chi connectivity index (χ0n) is 21.5. The van der Waals surface area contributed by atoms with Crippen LogP contribution in [0.4, 0.5) is 45.2 Å². The molecule has 0 aliphatic rings. The summed E-state index contributed by atoms with van der Waals surface area (Å²) in [6, 6.07) is 13.0. The quantitative estimate of drug-likeness (QED) is 0.176. The van der Waals surface area contributed by atoms with E-state index in [2.05, 4.69) is 15.0 Å². The number of anilines is 1. The van der Waals surface area contributed by atoms with Crippen molar-refractivity contribution >= 4 is 51.8 Å². The van der Waals surface area contributed by atoms with Gasteiger partial charge in [0, 0.05) is 32.9 Å². The minimum Gasteiger partial charge on any atom is -0.492 e. The largest absolute Gasteiger partial charge is 0.492 e. The number of hydrogen-bond acceptors (Lipinski definition) is 6. The molecule has 0 atom stereocenters. The van der Waals surface area contributed by atoms with Gasteiger partial charge in [-0.05, 0) is 42.0 Å². The van der Waals surface area contributed by atoms with Crippen LogP contribution in [-0.2, 0) is 4.74 Å². The molecule has 5 nitrogen and oxygen atoms in total. The second-order valence-electron chi connectivity index (χ2n) is 8.62. The summed E-state index contributed by atoms with van der Waals surface area (Å²) < 4.78 is 125. The lowest BCUT2D eigenvalue weighted by atomic mass is 10.0. The van der Waals surface area contributed by atoms with Crippen molar-refractivity contribution in [3.63, 3.8) is 0 Å². The van der Waals surface area contributed by atoms with Gasteiger partial charge in [0.05, 0.1) is 16.8 Å². The van der Waals surface area contributed by atoms with Gasteiger partial charge in [-0.15, -0.1) is 23.7 Å². The van der Waals surface area contributed by atoms with Crippen molar-refractivity contribution in [1.29, 1.82) is 0 Å². The Kier molecular flexibility index (Phi) is 11.3. The third kappa shape index (κ3) is 8.17. The number of hydrogen-bond donors (Lipinski definition) is 1. The molecule has 41 heavy (non-hydrogen) atoms. The van der Waals surface area contributed by atoms with Crippen molar-refractivity contribution in [3.8, 4) is 5.75 Å². The molecule has 0 aliphatic carbocycles. The summed E-state index contributed by atoms with van der Waals surface area (Å²) in [5.74, 6) is 0.425. The maximum Gasteiger partial charge on any atom is 0.435 e. The lowest BCUT2D eigenvalue weighted by molar-refractivity contribution is -0.457. The fourth-order valence-corrected chi connectivity index (χ4v) is 4.40. The summed E-state index contributed by atoms with van der Waals surface area (Å²) in [6.07, 6.45) is -16.5. The molecule has 0 saturated carbocycles. The summed E-state index contributed by atoms with van der Waals surface area (Å²) >= 11 is 1.40. The Morgan fingerprint density at radius 3 is 1.98 bits per heavy atom. The molecule has 1 N–H and O–H groups in total. The fraction of sp³-hybridized carbons (Fsp3) is 0.400. The predicted octanol–water partition coefficient (Wildman–Crippen LogP) is 7.37. The molecule has 1 heterocycles. The highest BCUT2D eigenvalue weighted by Crippen LogP contribution is 2.54. The highest BCUT2D eigenvalue weighted by molar-refractivity contribution is 7.19. The molecule has 0 spiro atoms. The van der Waals surface area contributed by atoms with Gasteiger partial charge < -0.3 is 19.7 Å². The maximum absolute atomic E-state index is 12.8. The molecular formula is C25H25ClF9N3O2S. The highest BCUT2D eigenvalue weighted by atomic mass is 35.5. The minimum absolute atomic E-state index is 0. The topological polar surface area (TPSA) is 46.6 Å². The van der Waals surface area contributed by atoms with E-state index < -0.39 is 37.3 Å². The molecule has 0 bridgehead atoms. The van der Waals surface area contributed by atoms with E-state index in [1.54, 1.807) is 18.2 Å². The molecule has 0 saturated heterocycles. The summed E-state index contributed by atoms with van der Waals surface area (Å²) in [5.41, 5.74) is -3.50. The fourth-order valence-electron chi connectivity index (χ4n) is 3.50. The molecule has 228 valence electrons. The number of fused-ring (bicyclic) bond motifs is 1. The van der Waals surface area contributed by atoms with Gasteiger partial charge in [0.15, 0.2) is 0 Å². The zero-order chi connectivity index (χ0) is 29.8. The summed E-state index contributed by atoms with van der Waals surface area (Å²) in [7, 11) is 3.90. The van der Waals surface area contributed by atoms with Crippen molar-refractivity contribution < 1.29 is 49.0 Å². The smallest absolute Gasteiger partial charge is 0.435 e. The molecule has 0 aliphatic heterocycles. The molecule has 0 radical (unpaired) electrons. The lowest BCUT2D eigenvalue weighted by Gasteiger charge is -2.38. The van der Waals surface area contributed by atoms with Crippen molar-refractivity contribution in [2.24, 2.45) is 0 Å². The van der Waals surface area contributed by atoms with E-state index in [0.29, 0.717) is 5.75 Å². The number of nitrogens with one attached hydrogen (secondary N) is 1. The van der Waals surface area contributed by atoms with Gasteiger partial charge in [0.1, 0.15) is 17.4 Å². The van der Waals surface area contributed by atoms with E-state index in [1.807, 2.05) is 55.4 Å². The third-order valence-corrected chi connectivity index (χ3v) is 6.53. The van der Waals surface area contributed by atoms with Crippen LogP contribution >= 0.6 is 23.7 Å². The van der Waals surface area contributed by atoms with Gasteiger partial charge in [-0.3, -0.25) is 0 Å². The Hall–Kier alpha value is -2.75. The Bertz CT molecular complexity index is 1250. The van der Waals surface area contributed by atoms with Gasteiger partial charge >= 0.3 is 24.1 Å². The summed E-state index contributed by atoms with van der Waals surface area (Å²) in [6.45, 7) is -2.36. The third-order valence-electron chi connectivity index (χ3n) is 5.55. The average molecular weight is 638 g/mol. The Balaban J connectivity index is 0.00000588. The number of alkyl halides is 9. The first-order valence-corrected chi connectivity index (χ1v) is 12.4. The van der Waals surface area contributed by atoms with Crippen LogP contribution in [0.5, 0.6) is 5.75 Å². The van der Waals surface area contributed by atoms with Gasteiger partial charge in [0.25, 0.3) is 0 Å². The molecule has 0 amide bonds. The molecule has 2 aromatic carbocycles. The number of thiazole rings is 1. The molecular weight excluding hydrogens is 613 g/mol. The molecule has 3 rings (SSSR count). The molecule has 3 aromatic rings. The summed E-state index contributed by atoms with van der Waals surface area (Å²) in [5, 5.41) is 3.14. The predicted molar refractivity (Wildman–Crippen MR) is 142 cm³/mol. The average Bonchev–Trinajstić information content (AvgIpc) is 3.24. The number of benzene rings is 2. The number of aromatic nitrogens is 1. The van der Waals surface area contributed by atoms with E-state index >= 15 is 0 Å². The first-order valence-electron chi connectivity index (χ1n) is 11.6. The Labute approximate surface area is 239 Å². The van der Waals surface area contributed by atoms with Gasteiger partial charge in [-0.25, -0.2) is 4.98 Å². The monoisotopic (exact) mass is 637 g/mol. The van der Waals surface area contributed by atoms with E-state index in [-0.39, 0.29) is 25.6 Å². The maximum atomic E-state index is 12.8. The number of ether oxygens (including phenoxy) is 2. The number of rotatable bonds is 11. The van der Waals surface area contributed by atoms with Crippen LogP contribution in [-0.4, -0.2) is 69.5 Å².